The molecular formula is C21H17ClFNO3. The van der Waals surface area contributed by atoms with Crippen molar-refractivity contribution in [3.05, 3.63) is 101 Å². The summed E-state index contributed by atoms with van der Waals surface area (Å²) in [7, 11) is 0. The molecule has 138 valence electrons. The Morgan fingerprint density at radius 2 is 1.59 bits per heavy atom. The number of carbonyl (C=O) groups excluding carboxylic acids is 2. The number of rotatable bonds is 6. The van der Waals surface area contributed by atoms with Crippen LogP contribution in [0.1, 0.15) is 44.5 Å². The summed E-state index contributed by atoms with van der Waals surface area (Å²) in [5.74, 6) is -1.37. The van der Waals surface area contributed by atoms with Gasteiger partial charge in [0.1, 0.15) is 11.9 Å². The third-order valence-corrected chi connectivity index (χ3v) is 3.96. The lowest BCUT2D eigenvalue weighted by Crippen LogP contribution is -2.10. The van der Waals surface area contributed by atoms with Crippen molar-refractivity contribution in [3.63, 3.8) is 0 Å². The van der Waals surface area contributed by atoms with Gasteiger partial charge in [-0.15, -0.1) is 12.4 Å². The molecule has 0 amide bonds. The van der Waals surface area contributed by atoms with Gasteiger partial charge in [0.25, 0.3) is 0 Å². The lowest BCUT2D eigenvalue weighted by Gasteiger charge is -2.11. The molecule has 0 aliphatic rings. The number of aliphatic hydroxyl groups is 1. The number of benzene rings is 2. The van der Waals surface area contributed by atoms with Crippen LogP contribution in [0.5, 0.6) is 0 Å². The van der Waals surface area contributed by atoms with E-state index in [0.717, 1.165) is 6.07 Å². The maximum atomic E-state index is 13.2. The molecular weight excluding hydrogens is 369 g/mol. The van der Waals surface area contributed by atoms with Gasteiger partial charge in [-0.2, -0.15) is 0 Å². The summed E-state index contributed by atoms with van der Waals surface area (Å²) in [6.45, 7) is 0. The van der Waals surface area contributed by atoms with Crippen LogP contribution < -0.4 is 0 Å². The number of hydrogen-bond donors (Lipinski definition) is 1. The quantitative estimate of drug-likeness (QED) is 0.510. The van der Waals surface area contributed by atoms with E-state index in [2.05, 4.69) is 4.98 Å². The van der Waals surface area contributed by atoms with Crippen LogP contribution in [-0.4, -0.2) is 21.7 Å². The number of aromatic nitrogens is 1. The van der Waals surface area contributed by atoms with Crippen LogP contribution in [0.2, 0.25) is 0 Å². The highest BCUT2D eigenvalue weighted by Crippen LogP contribution is 2.21. The molecule has 1 aromatic heterocycles. The van der Waals surface area contributed by atoms with Gasteiger partial charge in [-0.1, -0.05) is 36.4 Å². The number of ketones is 2. The largest absolute Gasteiger partial charge is 0.382 e. The van der Waals surface area contributed by atoms with Crippen LogP contribution in [0.25, 0.3) is 0 Å². The SMILES string of the molecule is Cl.O=C(CC(=O)c1cccc(C(O)c2ccccn2)c1)c1cccc(F)c1. The average molecular weight is 386 g/mol. The Labute approximate surface area is 162 Å². The Morgan fingerprint density at radius 3 is 2.22 bits per heavy atom. The van der Waals surface area contributed by atoms with Gasteiger partial charge in [0.15, 0.2) is 11.6 Å². The Hall–Kier alpha value is -2.89. The van der Waals surface area contributed by atoms with E-state index in [1.807, 2.05) is 0 Å². The van der Waals surface area contributed by atoms with Gasteiger partial charge in [0.05, 0.1) is 12.1 Å². The van der Waals surface area contributed by atoms with E-state index in [1.54, 1.807) is 48.7 Å². The van der Waals surface area contributed by atoms with Crippen LogP contribution in [0, 0.1) is 5.82 Å². The van der Waals surface area contributed by atoms with Crippen molar-refractivity contribution in [2.45, 2.75) is 12.5 Å². The predicted octanol–water partition coefficient (Wildman–Crippen LogP) is 4.18. The molecule has 0 bridgehead atoms. The topological polar surface area (TPSA) is 67.3 Å². The minimum absolute atomic E-state index is 0. The number of hydrogen-bond acceptors (Lipinski definition) is 4. The van der Waals surface area contributed by atoms with Gasteiger partial charge >= 0.3 is 0 Å². The van der Waals surface area contributed by atoms with Crippen LogP contribution in [0.15, 0.2) is 72.9 Å². The molecule has 1 N–H and O–H groups in total. The van der Waals surface area contributed by atoms with Crippen LogP contribution in [0.4, 0.5) is 4.39 Å². The number of Topliss-reactive ketones (excluding diaryl/α,β-unsaturated/α-hetero) is 2. The van der Waals surface area contributed by atoms with Gasteiger partial charge < -0.3 is 5.11 Å². The highest BCUT2D eigenvalue weighted by atomic mass is 35.5. The van der Waals surface area contributed by atoms with Crippen LogP contribution in [-0.2, 0) is 0 Å². The van der Waals surface area contributed by atoms with Crippen LogP contribution in [0.3, 0.4) is 0 Å². The number of nitrogens with zero attached hydrogens (tertiary/aromatic N) is 1. The third kappa shape index (κ3) is 5.06. The Morgan fingerprint density at radius 1 is 0.926 bits per heavy atom. The molecule has 1 unspecified atom stereocenters. The van der Waals surface area contributed by atoms with E-state index in [9.17, 15) is 19.1 Å². The van der Waals surface area contributed by atoms with Crippen molar-refractivity contribution in [2.24, 2.45) is 0 Å². The zero-order valence-corrected chi connectivity index (χ0v) is 15.0. The number of pyridine rings is 1. The van der Waals surface area contributed by atoms with Gasteiger partial charge in [-0.25, -0.2) is 4.39 Å². The van der Waals surface area contributed by atoms with Crippen molar-refractivity contribution in [2.75, 3.05) is 0 Å². The van der Waals surface area contributed by atoms with Gasteiger partial charge in [-0.3, -0.25) is 14.6 Å². The third-order valence-electron chi connectivity index (χ3n) is 3.96. The molecule has 1 heterocycles. The highest BCUT2D eigenvalue weighted by Gasteiger charge is 2.17. The summed E-state index contributed by atoms with van der Waals surface area (Å²) in [6, 6.07) is 16.9. The Kier molecular flexibility index (Phi) is 6.93. The number of aliphatic hydroxyl groups excluding tert-OH is 1. The summed E-state index contributed by atoms with van der Waals surface area (Å²) in [4.78, 5) is 28.7. The summed E-state index contributed by atoms with van der Waals surface area (Å²) >= 11 is 0. The first-order valence-corrected chi connectivity index (χ1v) is 8.05. The van der Waals surface area contributed by atoms with E-state index in [0.29, 0.717) is 16.8 Å². The van der Waals surface area contributed by atoms with E-state index in [1.165, 1.54) is 18.2 Å². The van der Waals surface area contributed by atoms with Gasteiger partial charge in [0.2, 0.25) is 0 Å². The fourth-order valence-corrected chi connectivity index (χ4v) is 2.60. The smallest absolute Gasteiger partial charge is 0.170 e. The molecule has 2 aromatic carbocycles. The molecule has 0 saturated heterocycles. The van der Waals surface area contributed by atoms with Crippen LogP contribution >= 0.6 is 12.4 Å². The first kappa shape index (κ1) is 20.4. The van der Waals surface area contributed by atoms with Crippen molar-refractivity contribution in [1.29, 1.82) is 0 Å². The molecule has 0 aliphatic heterocycles. The Bertz CT molecular complexity index is 947. The molecule has 0 radical (unpaired) electrons. The summed E-state index contributed by atoms with van der Waals surface area (Å²) in [5, 5.41) is 10.4. The molecule has 0 fully saturated rings. The van der Waals surface area contributed by atoms with E-state index < -0.39 is 23.5 Å². The second-order valence-corrected chi connectivity index (χ2v) is 5.82. The Balaban J connectivity index is 0.00000261. The fraction of sp³-hybridized carbons (Fsp3) is 0.0952. The van der Waals surface area contributed by atoms with E-state index >= 15 is 0 Å². The molecule has 6 heteroatoms. The average Bonchev–Trinajstić information content (AvgIpc) is 2.68. The first-order chi connectivity index (χ1) is 12.5. The molecule has 0 saturated carbocycles. The van der Waals surface area contributed by atoms with Crippen molar-refractivity contribution >= 4 is 24.0 Å². The standard InChI is InChI=1S/C21H16FNO3.ClH/c22-17-8-4-6-15(12-17)20(25)13-19(24)14-5-3-7-16(11-14)21(26)18-9-1-2-10-23-18;/h1-12,21,26H,13H2;1H. The molecule has 1 atom stereocenters. The molecule has 3 aromatic rings. The highest BCUT2D eigenvalue weighted by molar-refractivity contribution is 6.13. The first-order valence-electron chi connectivity index (χ1n) is 8.05. The summed E-state index contributed by atoms with van der Waals surface area (Å²) in [6.07, 6.45) is 0.237. The van der Waals surface area contributed by atoms with E-state index in [-0.39, 0.29) is 24.4 Å². The van der Waals surface area contributed by atoms with Gasteiger partial charge in [-0.05, 0) is 35.9 Å². The second-order valence-electron chi connectivity index (χ2n) is 5.82. The molecule has 0 spiro atoms. The minimum Gasteiger partial charge on any atom is -0.382 e. The second kappa shape index (κ2) is 9.16. The summed E-state index contributed by atoms with van der Waals surface area (Å²) < 4.78 is 13.2. The van der Waals surface area contributed by atoms with Crippen molar-refractivity contribution in [1.82, 2.24) is 4.98 Å². The molecule has 27 heavy (non-hydrogen) atoms. The van der Waals surface area contributed by atoms with Crippen molar-refractivity contribution in [3.8, 4) is 0 Å². The molecule has 4 nitrogen and oxygen atoms in total. The summed E-state index contributed by atoms with van der Waals surface area (Å²) in [5.41, 5.74) is 1.44. The lowest BCUT2D eigenvalue weighted by atomic mass is 9.98. The zero-order chi connectivity index (χ0) is 18.5. The monoisotopic (exact) mass is 385 g/mol. The fourth-order valence-electron chi connectivity index (χ4n) is 2.60. The maximum Gasteiger partial charge on any atom is 0.170 e. The predicted molar refractivity (Wildman–Crippen MR) is 102 cm³/mol. The number of halogens is 2. The normalized spacial score (nSPS) is 11.3. The molecule has 0 aliphatic carbocycles. The van der Waals surface area contributed by atoms with Gasteiger partial charge in [0, 0.05) is 17.3 Å². The lowest BCUT2D eigenvalue weighted by molar-refractivity contribution is 0.0894. The maximum absolute atomic E-state index is 13.2. The van der Waals surface area contributed by atoms with E-state index in [4.69, 9.17) is 0 Å². The number of carbonyl (C=O) groups is 2. The minimum atomic E-state index is -0.970. The van der Waals surface area contributed by atoms with Crippen molar-refractivity contribution < 1.29 is 19.1 Å². The molecule has 3 rings (SSSR count). The zero-order valence-electron chi connectivity index (χ0n) is 14.2.